The summed E-state index contributed by atoms with van der Waals surface area (Å²) in [4.78, 5) is 25.2. The molecule has 1 amide bonds. The van der Waals surface area contributed by atoms with E-state index < -0.39 is 0 Å². The summed E-state index contributed by atoms with van der Waals surface area (Å²) in [7, 11) is 1.74. The summed E-state index contributed by atoms with van der Waals surface area (Å²) in [6, 6.07) is 10.0. The van der Waals surface area contributed by atoms with Gasteiger partial charge >= 0.3 is 0 Å². The molecule has 1 fully saturated rings. The predicted molar refractivity (Wildman–Crippen MR) is 130 cm³/mol. The van der Waals surface area contributed by atoms with Gasteiger partial charge in [-0.15, -0.1) is 11.3 Å². The van der Waals surface area contributed by atoms with Gasteiger partial charge in [-0.3, -0.25) is 4.79 Å². The smallest absolute Gasteiger partial charge is 0.257 e. The van der Waals surface area contributed by atoms with Crippen LogP contribution in [0.3, 0.4) is 0 Å². The van der Waals surface area contributed by atoms with Crippen LogP contribution in [0, 0.1) is 12.7 Å². The Morgan fingerprint density at radius 1 is 1.23 bits per heavy atom. The highest BCUT2D eigenvalue weighted by Gasteiger charge is 2.27. The molecule has 180 valence electrons. The molecule has 5 rings (SSSR count). The molecule has 1 aliphatic rings. The first-order valence-electron chi connectivity index (χ1n) is 11.2. The van der Waals surface area contributed by atoms with E-state index in [4.69, 9.17) is 14.5 Å². The minimum Gasteiger partial charge on any atom is -0.376 e. The van der Waals surface area contributed by atoms with Crippen molar-refractivity contribution in [3.8, 4) is 27.8 Å². The maximum atomic E-state index is 13.5. The second-order valence-electron chi connectivity index (χ2n) is 8.26. The maximum Gasteiger partial charge on any atom is 0.257 e. The molecule has 3 aromatic heterocycles. The number of carbonyl (C=O) groups is 1. The zero-order valence-electron chi connectivity index (χ0n) is 19.3. The summed E-state index contributed by atoms with van der Waals surface area (Å²) in [5, 5.41) is 6.45. The molecule has 0 radical (unpaired) electrons. The van der Waals surface area contributed by atoms with Gasteiger partial charge in [0.15, 0.2) is 0 Å². The third-order valence-electron chi connectivity index (χ3n) is 5.73. The average Bonchev–Trinajstić information content (AvgIpc) is 3.55. The molecule has 0 N–H and O–H groups in total. The van der Waals surface area contributed by atoms with Crippen LogP contribution >= 0.6 is 11.3 Å². The second-order valence-corrected chi connectivity index (χ2v) is 9.21. The van der Waals surface area contributed by atoms with E-state index in [0.717, 1.165) is 16.0 Å². The van der Waals surface area contributed by atoms with Gasteiger partial charge in [-0.05, 0) is 48.2 Å². The van der Waals surface area contributed by atoms with E-state index >= 15 is 0 Å². The Kier molecular flexibility index (Phi) is 6.67. The molecule has 1 atom stereocenters. The van der Waals surface area contributed by atoms with Gasteiger partial charge in [-0.2, -0.15) is 9.78 Å². The zero-order chi connectivity index (χ0) is 24.4. The van der Waals surface area contributed by atoms with Crippen molar-refractivity contribution >= 4 is 17.2 Å². The molecule has 0 bridgehead atoms. The summed E-state index contributed by atoms with van der Waals surface area (Å²) < 4.78 is 26.2. The Labute approximate surface area is 206 Å². The van der Waals surface area contributed by atoms with E-state index in [-0.39, 0.29) is 17.8 Å². The molecule has 0 aliphatic carbocycles. The molecule has 0 saturated carbocycles. The van der Waals surface area contributed by atoms with Crippen LogP contribution in [0.1, 0.15) is 15.9 Å². The number of thiophene rings is 1. The van der Waals surface area contributed by atoms with E-state index in [0.29, 0.717) is 49.3 Å². The first-order chi connectivity index (χ1) is 17.0. The Balaban J connectivity index is 1.53. The number of nitrogens with zero attached hydrogens (tertiary/aromatic N) is 5. The highest BCUT2D eigenvalue weighted by molar-refractivity contribution is 7.13. The summed E-state index contributed by atoms with van der Waals surface area (Å²) in [6.07, 6.45) is 3.08. The van der Waals surface area contributed by atoms with E-state index in [1.807, 2.05) is 24.4 Å². The average molecular weight is 494 g/mol. The van der Waals surface area contributed by atoms with Crippen LogP contribution < -0.4 is 0 Å². The fourth-order valence-corrected chi connectivity index (χ4v) is 4.75. The molecule has 1 aromatic carbocycles. The Hall–Kier alpha value is -3.47. The van der Waals surface area contributed by atoms with Gasteiger partial charge in [0, 0.05) is 25.4 Å². The molecule has 35 heavy (non-hydrogen) atoms. The Morgan fingerprint density at radius 2 is 2.06 bits per heavy atom. The third kappa shape index (κ3) is 4.86. The first kappa shape index (κ1) is 23.3. The topological polar surface area (TPSA) is 82.4 Å². The molecule has 0 spiro atoms. The fourth-order valence-electron chi connectivity index (χ4n) is 3.98. The lowest BCUT2D eigenvalue weighted by Crippen LogP contribution is -2.40. The highest BCUT2D eigenvalue weighted by Crippen LogP contribution is 2.31. The lowest BCUT2D eigenvalue weighted by molar-refractivity contribution is -0.0933. The van der Waals surface area contributed by atoms with Crippen LogP contribution in [0.25, 0.3) is 27.8 Å². The second kappa shape index (κ2) is 10.0. The molecule has 8 nitrogen and oxygen atoms in total. The van der Waals surface area contributed by atoms with Crippen molar-refractivity contribution in [1.82, 2.24) is 24.6 Å². The van der Waals surface area contributed by atoms with Gasteiger partial charge < -0.3 is 14.4 Å². The number of ether oxygens (including phenoxy) is 2. The highest BCUT2D eigenvalue weighted by atomic mass is 32.1. The van der Waals surface area contributed by atoms with Gasteiger partial charge in [-0.25, -0.2) is 14.4 Å². The Bertz CT molecular complexity index is 1320. The van der Waals surface area contributed by atoms with Crippen LogP contribution in [-0.2, 0) is 9.47 Å². The van der Waals surface area contributed by atoms with E-state index in [1.54, 1.807) is 41.2 Å². The number of aromatic nitrogens is 4. The van der Waals surface area contributed by atoms with Crippen molar-refractivity contribution in [2.75, 3.05) is 33.4 Å². The van der Waals surface area contributed by atoms with Gasteiger partial charge in [0.1, 0.15) is 11.5 Å². The number of aryl methyl sites for hydroxylation is 1. The fraction of sp³-hybridized carbons (Fsp3) is 0.280. The molecular weight excluding hydrogens is 469 g/mol. The van der Waals surface area contributed by atoms with Crippen LogP contribution in [0.15, 0.2) is 54.2 Å². The summed E-state index contributed by atoms with van der Waals surface area (Å²) in [5.41, 5.74) is 3.34. The van der Waals surface area contributed by atoms with Gasteiger partial charge in [-0.1, -0.05) is 6.07 Å². The van der Waals surface area contributed by atoms with Crippen LogP contribution in [0.5, 0.6) is 0 Å². The molecule has 1 saturated heterocycles. The molecule has 0 unspecified atom stereocenters. The van der Waals surface area contributed by atoms with Crippen molar-refractivity contribution in [2.45, 2.75) is 13.0 Å². The summed E-state index contributed by atoms with van der Waals surface area (Å²) in [5.74, 6) is -0.172. The standard InChI is InChI=1S/C25H24FN5O3S/c1-16-12-27-25(29-22(16)17-5-7-18(26)8-6-17)31-23(21-4-3-11-35-21)20(13-28-31)24(32)30(2)14-19-15-33-9-10-34-19/h3-8,11-13,19H,9-10,14-15H2,1-2H3/t19-/m1/s1. The van der Waals surface area contributed by atoms with E-state index in [2.05, 4.69) is 10.1 Å². The predicted octanol–water partition coefficient (Wildman–Crippen LogP) is 3.99. The van der Waals surface area contributed by atoms with Gasteiger partial charge in [0.25, 0.3) is 11.9 Å². The molecular formula is C25H24FN5O3S. The number of hydrogen-bond acceptors (Lipinski definition) is 7. The maximum absolute atomic E-state index is 13.5. The SMILES string of the molecule is Cc1cnc(-n2ncc(C(=O)N(C)C[C@@H]3COCCO3)c2-c2cccs2)nc1-c1ccc(F)cc1. The number of carbonyl (C=O) groups excluding carboxylic acids is 1. The zero-order valence-corrected chi connectivity index (χ0v) is 20.2. The van der Waals surface area contributed by atoms with Crippen molar-refractivity contribution in [2.24, 2.45) is 0 Å². The van der Waals surface area contributed by atoms with Crippen molar-refractivity contribution in [3.05, 3.63) is 71.1 Å². The number of likely N-dealkylation sites (N-methyl/N-ethyl adjacent to an activating group) is 1. The van der Waals surface area contributed by atoms with Gasteiger partial charge in [0.05, 0.1) is 48.3 Å². The normalized spacial score (nSPS) is 15.8. The number of halogens is 1. The van der Waals surface area contributed by atoms with Gasteiger partial charge in [0.2, 0.25) is 0 Å². The summed E-state index contributed by atoms with van der Waals surface area (Å²) in [6.45, 7) is 3.85. The first-order valence-corrected chi connectivity index (χ1v) is 12.1. The quantitative estimate of drug-likeness (QED) is 0.404. The number of rotatable bonds is 6. The molecule has 1 aliphatic heterocycles. The van der Waals surface area contributed by atoms with E-state index in [9.17, 15) is 9.18 Å². The number of benzene rings is 1. The largest absolute Gasteiger partial charge is 0.376 e. The lowest BCUT2D eigenvalue weighted by atomic mass is 10.1. The number of hydrogen-bond donors (Lipinski definition) is 0. The lowest BCUT2D eigenvalue weighted by Gasteiger charge is -2.27. The Morgan fingerprint density at radius 3 is 2.77 bits per heavy atom. The minimum atomic E-state index is -0.315. The van der Waals surface area contributed by atoms with Crippen molar-refractivity contribution in [1.29, 1.82) is 0 Å². The van der Waals surface area contributed by atoms with Crippen LogP contribution in [0.2, 0.25) is 0 Å². The van der Waals surface area contributed by atoms with Crippen LogP contribution in [-0.4, -0.2) is 70.1 Å². The number of amides is 1. The van der Waals surface area contributed by atoms with Crippen molar-refractivity contribution < 1.29 is 18.7 Å². The minimum absolute atomic E-state index is 0.170. The van der Waals surface area contributed by atoms with Crippen molar-refractivity contribution in [3.63, 3.8) is 0 Å². The third-order valence-corrected chi connectivity index (χ3v) is 6.61. The van der Waals surface area contributed by atoms with E-state index in [1.165, 1.54) is 23.5 Å². The monoisotopic (exact) mass is 493 g/mol. The molecule has 4 aromatic rings. The van der Waals surface area contributed by atoms with Crippen LogP contribution in [0.4, 0.5) is 4.39 Å². The molecule has 10 heteroatoms. The molecule has 4 heterocycles. The summed E-state index contributed by atoms with van der Waals surface area (Å²) >= 11 is 1.50.